The van der Waals surface area contributed by atoms with Crippen molar-refractivity contribution in [3.63, 3.8) is 0 Å². The fourth-order valence-corrected chi connectivity index (χ4v) is 2.73. The Kier molecular flexibility index (Phi) is 3.91. The summed E-state index contributed by atoms with van der Waals surface area (Å²) in [5.74, 6) is 0.230. The van der Waals surface area contributed by atoms with Crippen LogP contribution in [0.4, 0.5) is 11.4 Å². The Morgan fingerprint density at radius 1 is 1.05 bits per heavy atom. The van der Waals surface area contributed by atoms with Gasteiger partial charge in [-0.25, -0.2) is 0 Å². The molecular formula is C18H20N2O. The van der Waals surface area contributed by atoms with Crippen LogP contribution >= 0.6 is 0 Å². The Morgan fingerprint density at radius 3 is 2.38 bits per heavy atom. The molecule has 1 amide bonds. The zero-order valence-corrected chi connectivity index (χ0v) is 12.3. The van der Waals surface area contributed by atoms with Gasteiger partial charge in [0.2, 0.25) is 5.91 Å². The van der Waals surface area contributed by atoms with Gasteiger partial charge in [0.25, 0.3) is 0 Å². The van der Waals surface area contributed by atoms with Gasteiger partial charge in [0.05, 0.1) is 0 Å². The van der Waals surface area contributed by atoms with E-state index in [0.717, 1.165) is 24.3 Å². The Hall–Kier alpha value is -2.29. The molecule has 1 aliphatic rings. The molecule has 0 bridgehead atoms. The number of hydrogen-bond donors (Lipinski definition) is 1. The molecule has 3 rings (SSSR count). The van der Waals surface area contributed by atoms with Crippen LogP contribution < -0.4 is 10.2 Å². The minimum absolute atomic E-state index is 0.230. The number of rotatable bonds is 4. The fourth-order valence-electron chi connectivity index (χ4n) is 2.73. The second-order valence-electron chi connectivity index (χ2n) is 5.47. The third-order valence-corrected chi connectivity index (χ3v) is 3.94. The average molecular weight is 280 g/mol. The van der Waals surface area contributed by atoms with Gasteiger partial charge >= 0.3 is 0 Å². The van der Waals surface area contributed by atoms with Crippen molar-refractivity contribution in [3.8, 4) is 0 Å². The minimum Gasteiger partial charge on any atom is -0.379 e. The van der Waals surface area contributed by atoms with Crippen LogP contribution in [0.1, 0.15) is 31.4 Å². The molecule has 21 heavy (non-hydrogen) atoms. The molecule has 2 aromatic carbocycles. The number of anilines is 2. The molecular weight excluding hydrogens is 260 g/mol. The summed E-state index contributed by atoms with van der Waals surface area (Å²) in [4.78, 5) is 13.6. The highest BCUT2D eigenvalue weighted by Crippen LogP contribution is 2.25. The molecule has 0 aromatic heterocycles. The third-order valence-electron chi connectivity index (χ3n) is 3.94. The lowest BCUT2D eigenvalue weighted by atomic mass is 10.1. The highest BCUT2D eigenvalue weighted by molar-refractivity contribution is 5.95. The monoisotopic (exact) mass is 280 g/mol. The van der Waals surface area contributed by atoms with Crippen molar-refractivity contribution in [1.82, 2.24) is 0 Å². The van der Waals surface area contributed by atoms with Crippen molar-refractivity contribution in [2.24, 2.45) is 0 Å². The van der Waals surface area contributed by atoms with E-state index in [1.54, 1.807) is 0 Å². The first kappa shape index (κ1) is 13.7. The number of benzene rings is 2. The molecule has 1 fully saturated rings. The maximum Gasteiger partial charge on any atom is 0.227 e. The highest BCUT2D eigenvalue weighted by Gasteiger charge is 2.21. The molecule has 1 saturated heterocycles. The van der Waals surface area contributed by atoms with Crippen LogP contribution in [0.15, 0.2) is 54.6 Å². The maximum atomic E-state index is 11.7. The molecule has 1 aliphatic heterocycles. The van der Waals surface area contributed by atoms with E-state index in [4.69, 9.17) is 0 Å². The molecule has 2 aromatic rings. The molecule has 1 N–H and O–H groups in total. The molecule has 0 aliphatic carbocycles. The summed E-state index contributed by atoms with van der Waals surface area (Å²) in [6, 6.07) is 18.7. The van der Waals surface area contributed by atoms with Gasteiger partial charge in [0, 0.05) is 30.4 Å². The van der Waals surface area contributed by atoms with Gasteiger partial charge in [-0.1, -0.05) is 30.3 Å². The molecule has 3 heteroatoms. The van der Waals surface area contributed by atoms with E-state index in [1.807, 2.05) is 35.2 Å². The summed E-state index contributed by atoms with van der Waals surface area (Å²) in [5, 5.41) is 3.48. The predicted molar refractivity (Wildman–Crippen MR) is 86.5 cm³/mol. The van der Waals surface area contributed by atoms with E-state index in [0.29, 0.717) is 6.42 Å². The number of nitrogens with one attached hydrogen (secondary N) is 1. The molecule has 0 radical (unpaired) electrons. The molecule has 1 heterocycles. The SMILES string of the molecule is CC(Nc1ccc(N2CCCC2=O)cc1)c1ccccc1. The van der Waals surface area contributed by atoms with Crippen molar-refractivity contribution in [2.45, 2.75) is 25.8 Å². The van der Waals surface area contributed by atoms with Gasteiger partial charge in [-0.15, -0.1) is 0 Å². The third kappa shape index (κ3) is 3.07. The van der Waals surface area contributed by atoms with Crippen LogP contribution in [-0.4, -0.2) is 12.5 Å². The summed E-state index contributed by atoms with van der Waals surface area (Å²) in [6.45, 7) is 2.99. The molecule has 1 unspecified atom stereocenters. The normalized spacial score (nSPS) is 16.0. The van der Waals surface area contributed by atoms with Gasteiger partial charge in [-0.2, -0.15) is 0 Å². The topological polar surface area (TPSA) is 32.3 Å². The van der Waals surface area contributed by atoms with Gasteiger partial charge in [-0.3, -0.25) is 4.79 Å². The Bertz CT molecular complexity index is 607. The molecule has 1 atom stereocenters. The molecule has 0 spiro atoms. The molecule has 3 nitrogen and oxygen atoms in total. The summed E-state index contributed by atoms with van der Waals surface area (Å²) in [6.07, 6.45) is 1.63. The first-order valence-electron chi connectivity index (χ1n) is 7.46. The zero-order chi connectivity index (χ0) is 14.7. The van der Waals surface area contributed by atoms with Gasteiger partial charge in [-0.05, 0) is 43.2 Å². The summed E-state index contributed by atoms with van der Waals surface area (Å²) < 4.78 is 0. The van der Waals surface area contributed by atoms with E-state index in [9.17, 15) is 4.79 Å². The van der Waals surface area contributed by atoms with Crippen LogP contribution in [0.5, 0.6) is 0 Å². The fraction of sp³-hybridized carbons (Fsp3) is 0.278. The Balaban J connectivity index is 1.68. The largest absolute Gasteiger partial charge is 0.379 e. The number of carbonyl (C=O) groups is 1. The van der Waals surface area contributed by atoms with E-state index >= 15 is 0 Å². The molecule has 0 saturated carbocycles. The summed E-state index contributed by atoms with van der Waals surface area (Å²) in [7, 11) is 0. The van der Waals surface area contributed by atoms with Crippen LogP contribution in [0, 0.1) is 0 Å². The standard InChI is InChI=1S/C18H20N2O/c1-14(15-6-3-2-4-7-15)19-16-9-11-17(12-10-16)20-13-5-8-18(20)21/h2-4,6-7,9-12,14,19H,5,8,13H2,1H3. The van der Waals surface area contributed by atoms with Gasteiger partial charge < -0.3 is 10.2 Å². The van der Waals surface area contributed by atoms with E-state index in [2.05, 4.69) is 36.5 Å². The van der Waals surface area contributed by atoms with Crippen molar-refractivity contribution in [3.05, 3.63) is 60.2 Å². The van der Waals surface area contributed by atoms with Crippen molar-refractivity contribution in [2.75, 3.05) is 16.8 Å². The second-order valence-corrected chi connectivity index (χ2v) is 5.47. The zero-order valence-electron chi connectivity index (χ0n) is 12.3. The number of carbonyl (C=O) groups excluding carboxylic acids is 1. The summed E-state index contributed by atoms with van der Waals surface area (Å²) >= 11 is 0. The quantitative estimate of drug-likeness (QED) is 0.918. The first-order chi connectivity index (χ1) is 10.2. The maximum absolute atomic E-state index is 11.7. The van der Waals surface area contributed by atoms with Crippen LogP contribution in [0.25, 0.3) is 0 Å². The number of nitrogens with zero attached hydrogens (tertiary/aromatic N) is 1. The van der Waals surface area contributed by atoms with E-state index < -0.39 is 0 Å². The average Bonchev–Trinajstić information content (AvgIpc) is 2.95. The minimum atomic E-state index is 0.230. The highest BCUT2D eigenvalue weighted by atomic mass is 16.2. The second kappa shape index (κ2) is 6.00. The Labute approximate surface area is 125 Å². The van der Waals surface area contributed by atoms with Crippen molar-refractivity contribution in [1.29, 1.82) is 0 Å². The van der Waals surface area contributed by atoms with Crippen LogP contribution in [0.2, 0.25) is 0 Å². The van der Waals surface area contributed by atoms with Gasteiger partial charge in [0.15, 0.2) is 0 Å². The van der Waals surface area contributed by atoms with Crippen LogP contribution in [0.3, 0.4) is 0 Å². The summed E-state index contributed by atoms with van der Waals surface area (Å²) in [5.41, 5.74) is 3.33. The number of hydrogen-bond acceptors (Lipinski definition) is 2. The number of amides is 1. The van der Waals surface area contributed by atoms with E-state index in [1.165, 1.54) is 5.56 Å². The lowest BCUT2D eigenvalue weighted by Gasteiger charge is -2.18. The predicted octanol–water partition coefficient (Wildman–Crippen LogP) is 3.99. The van der Waals surface area contributed by atoms with E-state index in [-0.39, 0.29) is 11.9 Å². The Morgan fingerprint density at radius 2 is 1.76 bits per heavy atom. The van der Waals surface area contributed by atoms with Crippen molar-refractivity contribution < 1.29 is 4.79 Å². The lowest BCUT2D eigenvalue weighted by molar-refractivity contribution is -0.117. The van der Waals surface area contributed by atoms with Crippen molar-refractivity contribution >= 4 is 17.3 Å². The lowest BCUT2D eigenvalue weighted by Crippen LogP contribution is -2.23. The molecule has 108 valence electrons. The first-order valence-corrected chi connectivity index (χ1v) is 7.46. The van der Waals surface area contributed by atoms with Crippen LogP contribution in [-0.2, 0) is 4.79 Å². The van der Waals surface area contributed by atoms with Gasteiger partial charge in [0.1, 0.15) is 0 Å². The smallest absolute Gasteiger partial charge is 0.227 e.